The number of benzene rings is 1. The number of pyridine rings is 1. The number of aromatic nitrogens is 3. The summed E-state index contributed by atoms with van der Waals surface area (Å²) >= 11 is 0. The number of hydrogen-bond acceptors (Lipinski definition) is 5. The molecule has 3 rings (SSSR count). The lowest BCUT2D eigenvalue weighted by atomic mass is 10.3. The zero-order valence-electron chi connectivity index (χ0n) is 14.1. The Kier molecular flexibility index (Phi) is 4.84. The number of sulfone groups is 1. The topological polar surface area (TPSA) is 76.9 Å². The van der Waals surface area contributed by atoms with Crippen LogP contribution in [0.25, 0.3) is 5.69 Å². The Morgan fingerprint density at radius 3 is 2.54 bits per heavy atom. The van der Waals surface area contributed by atoms with Crippen molar-refractivity contribution in [3.63, 3.8) is 0 Å². The van der Waals surface area contributed by atoms with Gasteiger partial charge in [0.15, 0.2) is 10.8 Å². The van der Waals surface area contributed by atoms with Crippen molar-refractivity contribution in [3.8, 4) is 5.69 Å². The summed E-state index contributed by atoms with van der Waals surface area (Å²) in [6.07, 6.45) is 1.24. The molecule has 3 aromatic rings. The Morgan fingerprint density at radius 1 is 1.15 bits per heavy atom. The minimum atomic E-state index is -4.01. The summed E-state index contributed by atoms with van der Waals surface area (Å²) < 4.78 is 54.5. The average Bonchev–Trinajstić information content (AvgIpc) is 3.00. The van der Waals surface area contributed by atoms with E-state index in [4.69, 9.17) is 0 Å². The molecule has 0 bridgehead atoms. The fourth-order valence-electron chi connectivity index (χ4n) is 2.43. The Morgan fingerprint density at radius 2 is 1.92 bits per heavy atom. The smallest absolute Gasteiger partial charge is 0.225 e. The molecule has 0 saturated carbocycles. The molecule has 9 heteroatoms. The van der Waals surface area contributed by atoms with Crippen molar-refractivity contribution >= 4 is 9.84 Å². The number of hydrogen-bond donors (Lipinski definition) is 1. The van der Waals surface area contributed by atoms with Gasteiger partial charge in [0.25, 0.3) is 0 Å². The molecule has 0 amide bonds. The van der Waals surface area contributed by atoms with Crippen molar-refractivity contribution in [2.75, 3.05) is 7.05 Å². The maximum atomic E-state index is 14.2. The number of nitrogens with one attached hydrogen (secondary N) is 1. The molecule has 136 valence electrons. The van der Waals surface area contributed by atoms with E-state index in [0.717, 1.165) is 16.8 Å². The van der Waals surface area contributed by atoms with Gasteiger partial charge in [-0.25, -0.2) is 21.9 Å². The van der Waals surface area contributed by atoms with E-state index in [1.54, 1.807) is 20.0 Å². The van der Waals surface area contributed by atoms with E-state index >= 15 is 0 Å². The van der Waals surface area contributed by atoms with E-state index < -0.39 is 21.5 Å². The summed E-state index contributed by atoms with van der Waals surface area (Å²) in [7, 11) is -2.33. The molecule has 0 radical (unpaired) electrons. The Balaban J connectivity index is 2.21. The lowest BCUT2D eigenvalue weighted by Gasteiger charge is -2.09. The number of nitrogens with zero attached hydrogens (tertiary/aromatic N) is 3. The molecule has 2 aromatic heterocycles. The summed E-state index contributed by atoms with van der Waals surface area (Å²) in [4.78, 5) is 3.96. The Labute approximate surface area is 149 Å². The van der Waals surface area contributed by atoms with Gasteiger partial charge in [-0.1, -0.05) is 0 Å². The highest BCUT2D eigenvalue weighted by atomic mass is 32.2. The second kappa shape index (κ2) is 6.93. The Bertz CT molecular complexity index is 1050. The second-order valence-electron chi connectivity index (χ2n) is 5.65. The Hall–Kier alpha value is -2.65. The van der Waals surface area contributed by atoms with Gasteiger partial charge in [-0.05, 0) is 38.2 Å². The van der Waals surface area contributed by atoms with Crippen LogP contribution in [0.5, 0.6) is 0 Å². The summed E-state index contributed by atoms with van der Waals surface area (Å²) in [5.74, 6) is -1.68. The van der Waals surface area contributed by atoms with Crippen LogP contribution in [-0.2, 0) is 16.4 Å². The zero-order valence-corrected chi connectivity index (χ0v) is 14.9. The highest BCUT2D eigenvalue weighted by Gasteiger charge is 2.26. The minimum Gasteiger partial charge on any atom is -0.314 e. The first-order valence-corrected chi connectivity index (χ1v) is 9.18. The van der Waals surface area contributed by atoms with Crippen molar-refractivity contribution in [1.82, 2.24) is 20.1 Å². The molecule has 0 saturated heterocycles. The fourth-order valence-corrected chi connectivity index (χ4v) is 3.77. The molecule has 0 aliphatic heterocycles. The van der Waals surface area contributed by atoms with Crippen molar-refractivity contribution in [2.24, 2.45) is 0 Å². The van der Waals surface area contributed by atoms with E-state index in [2.05, 4.69) is 15.4 Å². The molecule has 0 fully saturated rings. The van der Waals surface area contributed by atoms with Crippen LogP contribution in [0.2, 0.25) is 0 Å². The summed E-state index contributed by atoms with van der Waals surface area (Å²) in [5, 5.41) is 6.80. The van der Waals surface area contributed by atoms with Gasteiger partial charge < -0.3 is 5.32 Å². The number of halogens is 2. The highest BCUT2D eigenvalue weighted by molar-refractivity contribution is 7.91. The third-order valence-electron chi connectivity index (χ3n) is 3.69. The first kappa shape index (κ1) is 18.2. The summed E-state index contributed by atoms with van der Waals surface area (Å²) in [5.41, 5.74) is 0.903. The van der Waals surface area contributed by atoms with Crippen molar-refractivity contribution < 1.29 is 17.2 Å². The normalized spacial score (nSPS) is 11.7. The number of rotatable bonds is 5. The maximum absolute atomic E-state index is 14.2. The standard InChI is InChI=1S/C17H16F2N4O2S/c1-11-3-5-14(10-21-11)26(24,25)17-8-13(9-20-2)22-23(17)16-6-4-12(18)7-15(16)19/h3-8,10,20H,9H2,1-2H3. The van der Waals surface area contributed by atoms with Gasteiger partial charge in [-0.2, -0.15) is 5.10 Å². The van der Waals surface area contributed by atoms with Crippen LogP contribution in [0.1, 0.15) is 11.4 Å². The molecular weight excluding hydrogens is 362 g/mol. The lowest BCUT2D eigenvalue weighted by Crippen LogP contribution is -2.12. The molecule has 0 unspecified atom stereocenters. The van der Waals surface area contributed by atoms with Gasteiger partial charge in [-0.15, -0.1) is 0 Å². The highest BCUT2D eigenvalue weighted by Crippen LogP contribution is 2.25. The van der Waals surface area contributed by atoms with Crippen LogP contribution in [0.3, 0.4) is 0 Å². The van der Waals surface area contributed by atoms with Gasteiger partial charge in [0.2, 0.25) is 9.84 Å². The molecule has 2 heterocycles. The largest absolute Gasteiger partial charge is 0.314 e. The molecule has 1 N–H and O–H groups in total. The van der Waals surface area contributed by atoms with Crippen LogP contribution >= 0.6 is 0 Å². The van der Waals surface area contributed by atoms with Crippen molar-refractivity contribution in [2.45, 2.75) is 23.4 Å². The second-order valence-corrected chi connectivity index (χ2v) is 7.55. The molecule has 1 aromatic carbocycles. The van der Waals surface area contributed by atoms with Crippen LogP contribution in [0.15, 0.2) is 52.5 Å². The van der Waals surface area contributed by atoms with Crippen LogP contribution in [0, 0.1) is 18.6 Å². The summed E-state index contributed by atoms with van der Waals surface area (Å²) in [6, 6.07) is 7.22. The molecule has 6 nitrogen and oxygen atoms in total. The summed E-state index contributed by atoms with van der Waals surface area (Å²) in [6.45, 7) is 2.02. The van der Waals surface area contributed by atoms with Crippen LogP contribution in [-0.4, -0.2) is 30.2 Å². The SMILES string of the molecule is CNCc1cc(S(=O)(=O)c2ccc(C)nc2)n(-c2ccc(F)cc2F)n1. The molecule has 0 aliphatic rings. The van der Waals surface area contributed by atoms with E-state index in [1.807, 2.05) is 0 Å². The van der Waals surface area contributed by atoms with E-state index in [-0.39, 0.29) is 22.2 Å². The quantitative estimate of drug-likeness (QED) is 0.738. The van der Waals surface area contributed by atoms with E-state index in [0.29, 0.717) is 17.5 Å². The molecule has 0 spiro atoms. The lowest BCUT2D eigenvalue weighted by molar-refractivity contribution is 0.561. The van der Waals surface area contributed by atoms with Crippen molar-refractivity contribution in [3.05, 3.63) is 65.6 Å². The molecular formula is C17H16F2N4O2S. The monoisotopic (exact) mass is 378 g/mol. The van der Waals surface area contributed by atoms with Gasteiger partial charge in [-0.3, -0.25) is 4.98 Å². The third-order valence-corrected chi connectivity index (χ3v) is 5.40. The third kappa shape index (κ3) is 3.35. The first-order chi connectivity index (χ1) is 12.3. The number of aryl methyl sites for hydroxylation is 1. The fraction of sp³-hybridized carbons (Fsp3) is 0.176. The molecule has 0 atom stereocenters. The maximum Gasteiger partial charge on any atom is 0.225 e. The predicted octanol–water partition coefficient (Wildman–Crippen LogP) is 2.41. The first-order valence-electron chi connectivity index (χ1n) is 7.69. The van der Waals surface area contributed by atoms with Crippen LogP contribution in [0.4, 0.5) is 8.78 Å². The average molecular weight is 378 g/mol. The zero-order chi connectivity index (χ0) is 18.9. The van der Waals surface area contributed by atoms with Gasteiger partial charge in [0.05, 0.1) is 10.6 Å². The predicted molar refractivity (Wildman–Crippen MR) is 90.7 cm³/mol. The molecule has 0 aliphatic carbocycles. The van der Waals surface area contributed by atoms with Crippen molar-refractivity contribution in [1.29, 1.82) is 0 Å². The van der Waals surface area contributed by atoms with E-state index in [9.17, 15) is 17.2 Å². The minimum absolute atomic E-state index is 0.0391. The van der Waals surface area contributed by atoms with Crippen LogP contribution < -0.4 is 5.32 Å². The van der Waals surface area contributed by atoms with Gasteiger partial charge in [0, 0.05) is 30.6 Å². The van der Waals surface area contributed by atoms with E-state index in [1.165, 1.54) is 18.3 Å². The molecule has 26 heavy (non-hydrogen) atoms. The van der Waals surface area contributed by atoms with Gasteiger partial charge in [0.1, 0.15) is 11.5 Å². The van der Waals surface area contributed by atoms with Gasteiger partial charge >= 0.3 is 0 Å².